The summed E-state index contributed by atoms with van der Waals surface area (Å²) in [6.45, 7) is 3.47. The summed E-state index contributed by atoms with van der Waals surface area (Å²) in [5.41, 5.74) is 1.63. The smallest absolute Gasteiger partial charge is 0.255 e. The maximum Gasteiger partial charge on any atom is 0.255 e. The molecule has 168 valence electrons. The van der Waals surface area contributed by atoms with Crippen molar-refractivity contribution in [1.29, 1.82) is 0 Å². The van der Waals surface area contributed by atoms with Gasteiger partial charge in [0.15, 0.2) is 0 Å². The number of hydrogen-bond donors (Lipinski definition) is 0. The summed E-state index contributed by atoms with van der Waals surface area (Å²) in [4.78, 5) is 29.0. The van der Waals surface area contributed by atoms with Gasteiger partial charge in [0.05, 0.1) is 22.0 Å². The van der Waals surface area contributed by atoms with E-state index in [9.17, 15) is 18.0 Å². The quantitative estimate of drug-likeness (QED) is 0.667. The molecule has 0 unspecified atom stereocenters. The molecule has 0 bridgehead atoms. The van der Waals surface area contributed by atoms with E-state index in [1.165, 1.54) is 18.2 Å². The number of sulfonamides is 1. The molecule has 0 aliphatic carbocycles. The highest BCUT2D eigenvalue weighted by Gasteiger charge is 2.36. The molecule has 0 saturated carbocycles. The lowest BCUT2D eigenvalue weighted by molar-refractivity contribution is -0.116. The van der Waals surface area contributed by atoms with Crippen molar-refractivity contribution in [3.05, 3.63) is 70.8 Å². The van der Waals surface area contributed by atoms with Crippen LogP contribution in [0.3, 0.4) is 0 Å². The Kier molecular flexibility index (Phi) is 6.64. The summed E-state index contributed by atoms with van der Waals surface area (Å²) in [5, 5.41) is 0.135. The molecule has 0 radical (unpaired) electrons. The second-order valence-electron chi connectivity index (χ2n) is 7.79. The Morgan fingerprint density at radius 2 is 1.75 bits per heavy atom. The van der Waals surface area contributed by atoms with Gasteiger partial charge in [0.1, 0.15) is 0 Å². The third-order valence-electron chi connectivity index (χ3n) is 5.63. The van der Waals surface area contributed by atoms with Crippen molar-refractivity contribution in [2.24, 2.45) is 0 Å². The molecule has 2 saturated heterocycles. The van der Waals surface area contributed by atoms with Gasteiger partial charge in [0.2, 0.25) is 15.9 Å². The Morgan fingerprint density at radius 3 is 2.38 bits per heavy atom. The van der Waals surface area contributed by atoms with Crippen molar-refractivity contribution in [1.82, 2.24) is 9.80 Å². The van der Waals surface area contributed by atoms with E-state index in [1.54, 1.807) is 4.90 Å². The summed E-state index contributed by atoms with van der Waals surface area (Å²) >= 11 is 6.32. The average Bonchev–Trinajstić information content (AvgIpc) is 3.06. The number of carbonyl (C=O) groups excluding carboxylic acids is 2. The Hall–Kier alpha value is -2.68. The zero-order valence-electron chi connectivity index (χ0n) is 17.5. The molecule has 9 heteroatoms. The van der Waals surface area contributed by atoms with Crippen molar-refractivity contribution in [2.75, 3.05) is 42.8 Å². The number of anilines is 1. The number of halogens is 1. The molecule has 2 aromatic rings. The monoisotopic (exact) mass is 473 g/mol. The molecule has 0 aromatic heterocycles. The van der Waals surface area contributed by atoms with Crippen molar-refractivity contribution >= 4 is 45.2 Å². The predicted molar refractivity (Wildman–Crippen MR) is 125 cm³/mol. The first-order valence-electron chi connectivity index (χ1n) is 10.4. The van der Waals surface area contributed by atoms with E-state index in [0.717, 1.165) is 29.5 Å². The molecule has 2 fully saturated rings. The predicted octanol–water partition coefficient (Wildman–Crippen LogP) is 2.88. The summed E-state index contributed by atoms with van der Waals surface area (Å²) in [6.07, 6.45) is 4.16. The highest BCUT2D eigenvalue weighted by molar-refractivity contribution is 7.94. The number of rotatable bonds is 5. The van der Waals surface area contributed by atoms with Gasteiger partial charge in [-0.15, -0.1) is 0 Å². The van der Waals surface area contributed by atoms with Crippen LogP contribution in [0.25, 0.3) is 6.08 Å². The molecule has 2 aromatic carbocycles. The molecular weight excluding hydrogens is 450 g/mol. The molecule has 7 nitrogen and oxygen atoms in total. The third kappa shape index (κ3) is 4.87. The summed E-state index contributed by atoms with van der Waals surface area (Å²) < 4.78 is 25.0. The number of piperazine rings is 1. The van der Waals surface area contributed by atoms with Crippen LogP contribution in [-0.4, -0.2) is 68.5 Å². The van der Waals surface area contributed by atoms with Crippen molar-refractivity contribution in [2.45, 2.75) is 6.42 Å². The molecule has 2 aliphatic rings. The molecule has 2 aliphatic heterocycles. The van der Waals surface area contributed by atoms with Crippen molar-refractivity contribution in [3.63, 3.8) is 0 Å². The van der Waals surface area contributed by atoms with Gasteiger partial charge in [-0.3, -0.25) is 14.5 Å². The standard InChI is InChI=1S/C23H24ClN3O4S/c24-21-17-19(27-22(28)10-16-32(27,30)31)8-9-20(21)23(29)26-14-12-25(13-15-26)11-4-7-18-5-2-1-3-6-18/h1-9,17H,10-16H2/b7-4+. The Labute approximate surface area is 192 Å². The lowest BCUT2D eigenvalue weighted by atomic mass is 10.1. The fourth-order valence-corrected chi connectivity index (χ4v) is 5.59. The third-order valence-corrected chi connectivity index (χ3v) is 7.63. The topological polar surface area (TPSA) is 78.0 Å². The van der Waals surface area contributed by atoms with Gasteiger partial charge in [-0.2, -0.15) is 0 Å². The van der Waals surface area contributed by atoms with Gasteiger partial charge in [-0.25, -0.2) is 12.7 Å². The second kappa shape index (κ2) is 9.44. The van der Waals surface area contributed by atoms with Gasteiger partial charge in [0.25, 0.3) is 5.91 Å². The van der Waals surface area contributed by atoms with Gasteiger partial charge >= 0.3 is 0 Å². The second-order valence-corrected chi connectivity index (χ2v) is 10.1. The number of benzene rings is 2. The van der Waals surface area contributed by atoms with Crippen LogP contribution in [0.15, 0.2) is 54.6 Å². The first-order valence-corrected chi connectivity index (χ1v) is 12.4. The van der Waals surface area contributed by atoms with Crippen LogP contribution in [0.5, 0.6) is 0 Å². The number of carbonyl (C=O) groups is 2. The van der Waals surface area contributed by atoms with E-state index < -0.39 is 15.9 Å². The van der Waals surface area contributed by atoms with Crippen LogP contribution in [0.2, 0.25) is 5.02 Å². The maximum absolute atomic E-state index is 13.0. The molecule has 2 heterocycles. The van der Waals surface area contributed by atoms with Crippen LogP contribution in [0.4, 0.5) is 5.69 Å². The van der Waals surface area contributed by atoms with E-state index >= 15 is 0 Å². The van der Waals surface area contributed by atoms with E-state index in [-0.39, 0.29) is 28.8 Å². The lowest BCUT2D eigenvalue weighted by Crippen LogP contribution is -2.48. The van der Waals surface area contributed by atoms with Crippen LogP contribution in [0.1, 0.15) is 22.3 Å². The summed E-state index contributed by atoms with van der Waals surface area (Å²) in [5.74, 6) is -0.899. The minimum Gasteiger partial charge on any atom is -0.336 e. The fourth-order valence-electron chi connectivity index (χ4n) is 3.88. The largest absolute Gasteiger partial charge is 0.336 e. The van der Waals surface area contributed by atoms with E-state index in [4.69, 9.17) is 11.6 Å². The molecular formula is C23H24ClN3O4S. The summed E-state index contributed by atoms with van der Waals surface area (Å²) in [7, 11) is -3.67. The maximum atomic E-state index is 13.0. The van der Waals surface area contributed by atoms with E-state index in [0.29, 0.717) is 18.7 Å². The normalized spacial score (nSPS) is 19.1. The number of nitrogens with zero attached hydrogens (tertiary/aromatic N) is 3. The number of hydrogen-bond acceptors (Lipinski definition) is 5. The van der Waals surface area contributed by atoms with Crippen LogP contribution >= 0.6 is 11.6 Å². The zero-order valence-corrected chi connectivity index (χ0v) is 19.1. The van der Waals surface area contributed by atoms with Gasteiger partial charge in [-0.05, 0) is 23.8 Å². The molecule has 0 atom stereocenters. The number of amides is 2. The Bertz CT molecular complexity index is 1140. The average molecular weight is 474 g/mol. The molecule has 0 spiro atoms. The van der Waals surface area contributed by atoms with E-state index in [1.807, 2.05) is 18.2 Å². The lowest BCUT2D eigenvalue weighted by Gasteiger charge is -2.34. The fraction of sp³-hybridized carbons (Fsp3) is 0.304. The van der Waals surface area contributed by atoms with E-state index in [2.05, 4.69) is 29.2 Å². The Balaban J connectivity index is 1.36. The van der Waals surface area contributed by atoms with Crippen LogP contribution in [0, 0.1) is 0 Å². The highest BCUT2D eigenvalue weighted by atomic mass is 35.5. The first-order chi connectivity index (χ1) is 15.3. The van der Waals surface area contributed by atoms with Gasteiger partial charge in [-0.1, -0.05) is 54.1 Å². The minimum absolute atomic E-state index is 0.0501. The molecule has 32 heavy (non-hydrogen) atoms. The van der Waals surface area contributed by atoms with Crippen molar-refractivity contribution in [3.8, 4) is 0 Å². The summed E-state index contributed by atoms with van der Waals surface area (Å²) in [6, 6.07) is 14.4. The Morgan fingerprint density at radius 1 is 1.03 bits per heavy atom. The SMILES string of the molecule is O=C(c1ccc(N2C(=O)CCS2(=O)=O)cc1Cl)N1CCN(C/C=C/c2ccccc2)CC1. The molecule has 2 amide bonds. The van der Waals surface area contributed by atoms with Crippen LogP contribution in [-0.2, 0) is 14.8 Å². The van der Waals surface area contributed by atoms with Crippen LogP contribution < -0.4 is 4.31 Å². The molecule has 4 rings (SSSR count). The first kappa shape index (κ1) is 22.5. The highest BCUT2D eigenvalue weighted by Crippen LogP contribution is 2.30. The van der Waals surface area contributed by atoms with Gasteiger partial charge < -0.3 is 4.90 Å². The van der Waals surface area contributed by atoms with Crippen molar-refractivity contribution < 1.29 is 18.0 Å². The zero-order chi connectivity index (χ0) is 22.7. The molecule has 0 N–H and O–H groups in total. The minimum atomic E-state index is -3.67. The van der Waals surface area contributed by atoms with Gasteiger partial charge in [0, 0.05) is 39.1 Å².